The van der Waals surface area contributed by atoms with Crippen LogP contribution in [0, 0.1) is 11.3 Å². The Labute approximate surface area is 196 Å². The normalized spacial score (nSPS) is 19.1. The van der Waals surface area contributed by atoms with Crippen LogP contribution in [0.4, 0.5) is 4.79 Å². The van der Waals surface area contributed by atoms with Crippen LogP contribution in [0.5, 0.6) is 0 Å². The van der Waals surface area contributed by atoms with Crippen molar-refractivity contribution in [2.24, 2.45) is 0 Å². The maximum atomic E-state index is 13.0. The van der Waals surface area contributed by atoms with Gasteiger partial charge in [-0.3, -0.25) is 9.88 Å². The molecular formula is C22H26ClN3O3S2. The monoisotopic (exact) mass is 479 g/mol. The van der Waals surface area contributed by atoms with E-state index in [1.807, 2.05) is 46.9 Å². The van der Waals surface area contributed by atoms with E-state index in [1.54, 1.807) is 45.6 Å². The number of nitrogens with zero attached hydrogens (tertiary/aromatic N) is 3. The second kappa shape index (κ2) is 9.37. The van der Waals surface area contributed by atoms with Crippen molar-refractivity contribution in [2.45, 2.75) is 68.6 Å². The first-order valence-corrected chi connectivity index (χ1v) is 12.0. The first kappa shape index (κ1) is 23.9. The zero-order valence-electron chi connectivity index (χ0n) is 18.2. The third kappa shape index (κ3) is 5.92. The molecule has 0 spiro atoms. The van der Waals surface area contributed by atoms with Crippen molar-refractivity contribution in [1.29, 1.82) is 5.26 Å². The van der Waals surface area contributed by atoms with Gasteiger partial charge in [-0.1, -0.05) is 11.6 Å². The highest BCUT2D eigenvalue weighted by molar-refractivity contribution is 7.99. The van der Waals surface area contributed by atoms with E-state index >= 15 is 0 Å². The Hall–Kier alpha value is -1.79. The number of carbonyl (C=O) groups is 1. The van der Waals surface area contributed by atoms with Crippen molar-refractivity contribution in [3.8, 4) is 6.07 Å². The van der Waals surface area contributed by atoms with Crippen LogP contribution in [-0.4, -0.2) is 40.0 Å². The Bertz CT molecular complexity index is 967. The molecule has 1 aromatic carbocycles. The molecule has 2 heterocycles. The predicted octanol–water partition coefficient (Wildman–Crippen LogP) is 6.26. The molecule has 1 saturated heterocycles. The summed E-state index contributed by atoms with van der Waals surface area (Å²) in [6, 6.07) is 7.35. The molecule has 3 rings (SSSR count). The van der Waals surface area contributed by atoms with Crippen LogP contribution >= 0.6 is 34.7 Å². The molecule has 0 N–H and O–H groups in total. The van der Waals surface area contributed by atoms with Crippen molar-refractivity contribution in [2.75, 3.05) is 6.61 Å². The highest BCUT2D eigenvalue weighted by Gasteiger charge is 2.46. The average Bonchev–Trinajstić information content (AvgIpc) is 3.28. The van der Waals surface area contributed by atoms with Gasteiger partial charge in [0.25, 0.3) is 0 Å². The van der Waals surface area contributed by atoms with E-state index in [1.165, 1.54) is 0 Å². The van der Waals surface area contributed by atoms with Crippen molar-refractivity contribution >= 4 is 40.8 Å². The fourth-order valence-electron chi connectivity index (χ4n) is 3.44. The second-order valence-electron chi connectivity index (χ2n) is 8.76. The minimum atomic E-state index is -0.770. The van der Waals surface area contributed by atoms with E-state index in [0.29, 0.717) is 23.6 Å². The summed E-state index contributed by atoms with van der Waals surface area (Å²) < 4.78 is 11.6. The number of halogens is 1. The summed E-state index contributed by atoms with van der Waals surface area (Å²) in [7, 11) is 0. The van der Waals surface area contributed by atoms with Gasteiger partial charge in [-0.25, -0.2) is 4.79 Å². The lowest BCUT2D eigenvalue weighted by molar-refractivity contribution is -0.0626. The number of aromatic nitrogens is 1. The maximum Gasteiger partial charge on any atom is 0.412 e. The lowest BCUT2D eigenvalue weighted by Gasteiger charge is -2.36. The number of thioether (sulfide) groups is 1. The molecule has 2 aromatic rings. The van der Waals surface area contributed by atoms with Crippen molar-refractivity contribution in [3.63, 3.8) is 0 Å². The van der Waals surface area contributed by atoms with Gasteiger partial charge in [0, 0.05) is 26.2 Å². The fraction of sp³-hybridized carbons (Fsp3) is 0.500. The third-order valence-corrected chi connectivity index (χ3v) is 7.36. The number of rotatable bonds is 5. The number of amides is 1. The number of hydrogen-bond acceptors (Lipinski definition) is 7. The summed E-state index contributed by atoms with van der Waals surface area (Å²) in [5.41, 5.74) is 0.945. The molecule has 1 aliphatic heterocycles. The van der Waals surface area contributed by atoms with E-state index in [2.05, 4.69) is 11.1 Å². The standard InChI is InChI=1S/C22H26ClN3O3S2/c1-21(2,3)29-20(27)26-16(12-28-22(26,4)5)9-18(19-11-25-13-30-19)31-17-7-6-15(23)8-14(17)10-24/h6-8,11,13,16,18H,9,12H2,1-5H3/t16?,18-/m1/s1. The molecule has 1 amide bonds. The van der Waals surface area contributed by atoms with Gasteiger partial charge in [0.15, 0.2) is 0 Å². The number of ether oxygens (including phenoxy) is 2. The Morgan fingerprint density at radius 1 is 1.52 bits per heavy atom. The van der Waals surface area contributed by atoms with Crippen LogP contribution in [0.3, 0.4) is 0 Å². The molecule has 31 heavy (non-hydrogen) atoms. The molecule has 1 fully saturated rings. The van der Waals surface area contributed by atoms with Crippen molar-refractivity contribution < 1.29 is 14.3 Å². The number of thiazole rings is 1. The summed E-state index contributed by atoms with van der Waals surface area (Å²) in [5.74, 6) is 0. The van der Waals surface area contributed by atoms with Gasteiger partial charge in [-0.15, -0.1) is 23.1 Å². The number of nitriles is 1. The van der Waals surface area contributed by atoms with E-state index in [-0.39, 0.29) is 11.3 Å². The molecule has 1 aromatic heterocycles. The van der Waals surface area contributed by atoms with Gasteiger partial charge >= 0.3 is 6.09 Å². The zero-order chi connectivity index (χ0) is 22.8. The van der Waals surface area contributed by atoms with Gasteiger partial charge in [-0.05, 0) is 59.2 Å². The van der Waals surface area contributed by atoms with Gasteiger partial charge in [0.2, 0.25) is 0 Å². The highest BCUT2D eigenvalue weighted by atomic mass is 35.5. The Morgan fingerprint density at radius 3 is 2.87 bits per heavy atom. The van der Waals surface area contributed by atoms with Crippen LogP contribution < -0.4 is 0 Å². The Morgan fingerprint density at radius 2 is 2.26 bits per heavy atom. The summed E-state index contributed by atoms with van der Waals surface area (Å²) >= 11 is 9.19. The molecule has 0 bridgehead atoms. The minimum absolute atomic E-state index is 0.0202. The second-order valence-corrected chi connectivity index (χ2v) is 11.4. The Kier molecular flexibility index (Phi) is 7.21. The van der Waals surface area contributed by atoms with Gasteiger partial charge < -0.3 is 9.47 Å². The molecule has 166 valence electrons. The average molecular weight is 480 g/mol. The van der Waals surface area contributed by atoms with Crippen molar-refractivity contribution in [3.05, 3.63) is 45.4 Å². The molecule has 1 unspecified atom stereocenters. The summed E-state index contributed by atoms with van der Waals surface area (Å²) in [6.07, 6.45) is 2.07. The molecule has 9 heteroatoms. The Balaban J connectivity index is 1.88. The van der Waals surface area contributed by atoms with Crippen LogP contribution in [0.1, 0.15) is 56.7 Å². The zero-order valence-corrected chi connectivity index (χ0v) is 20.6. The topological polar surface area (TPSA) is 75.5 Å². The minimum Gasteiger partial charge on any atom is -0.444 e. The van der Waals surface area contributed by atoms with Crippen LogP contribution in [0.2, 0.25) is 5.02 Å². The fourth-order valence-corrected chi connectivity index (χ4v) is 5.71. The molecular weight excluding hydrogens is 454 g/mol. The van der Waals surface area contributed by atoms with E-state index in [4.69, 9.17) is 21.1 Å². The van der Waals surface area contributed by atoms with Gasteiger partial charge in [0.1, 0.15) is 17.4 Å². The van der Waals surface area contributed by atoms with Crippen LogP contribution in [-0.2, 0) is 9.47 Å². The first-order chi connectivity index (χ1) is 14.5. The maximum absolute atomic E-state index is 13.0. The van der Waals surface area contributed by atoms with Gasteiger partial charge in [-0.2, -0.15) is 5.26 Å². The SMILES string of the molecule is CC(C)(C)OC(=O)N1C(C[C@@H](Sc2ccc(Cl)cc2C#N)c2cncs2)COC1(C)C. The molecule has 2 atom stereocenters. The van der Waals surface area contributed by atoms with Crippen molar-refractivity contribution in [1.82, 2.24) is 9.88 Å². The molecule has 6 nitrogen and oxygen atoms in total. The number of benzene rings is 1. The lowest BCUT2D eigenvalue weighted by atomic mass is 10.1. The highest BCUT2D eigenvalue weighted by Crippen LogP contribution is 2.44. The third-order valence-electron chi connectivity index (χ3n) is 4.75. The van der Waals surface area contributed by atoms with Gasteiger partial charge in [0.05, 0.1) is 23.7 Å². The number of hydrogen-bond donors (Lipinski definition) is 0. The van der Waals surface area contributed by atoms with E-state index < -0.39 is 17.4 Å². The largest absolute Gasteiger partial charge is 0.444 e. The summed E-state index contributed by atoms with van der Waals surface area (Å²) in [6.45, 7) is 9.71. The quantitative estimate of drug-likeness (QED) is 0.471. The molecule has 0 aliphatic carbocycles. The molecule has 0 saturated carbocycles. The molecule has 1 aliphatic rings. The summed E-state index contributed by atoms with van der Waals surface area (Å²) in [5, 5.41) is 10.0. The predicted molar refractivity (Wildman–Crippen MR) is 123 cm³/mol. The smallest absolute Gasteiger partial charge is 0.412 e. The van der Waals surface area contributed by atoms with E-state index in [9.17, 15) is 10.1 Å². The summed E-state index contributed by atoms with van der Waals surface area (Å²) in [4.78, 5) is 20.8. The van der Waals surface area contributed by atoms with Crippen LogP contribution in [0.25, 0.3) is 0 Å². The molecule has 0 radical (unpaired) electrons. The van der Waals surface area contributed by atoms with E-state index in [0.717, 1.165) is 9.77 Å². The number of carbonyl (C=O) groups excluding carboxylic acids is 1. The lowest BCUT2D eigenvalue weighted by Crippen LogP contribution is -2.50. The first-order valence-electron chi connectivity index (χ1n) is 9.91. The van der Waals surface area contributed by atoms with Crippen LogP contribution in [0.15, 0.2) is 34.8 Å².